The molecule has 0 heterocycles. The third kappa shape index (κ3) is 61.9. The number of allylic oxidation sites excluding steroid dienone is 2. The predicted molar refractivity (Wildman–Crippen MR) is 327 cm³/mol. The van der Waals surface area contributed by atoms with Crippen LogP contribution < -0.4 is 5.32 Å². The van der Waals surface area contributed by atoms with E-state index in [1.807, 2.05) is 0 Å². The number of aliphatic hydroxyl groups excluding tert-OH is 2. The lowest BCUT2D eigenvalue weighted by atomic mass is 10.0. The summed E-state index contributed by atoms with van der Waals surface area (Å²) < 4.78 is 0. The van der Waals surface area contributed by atoms with Crippen molar-refractivity contribution in [3.05, 3.63) is 12.2 Å². The third-order valence-corrected chi connectivity index (χ3v) is 16.5. The van der Waals surface area contributed by atoms with E-state index in [0.29, 0.717) is 12.8 Å². The topological polar surface area (TPSA) is 69.6 Å². The first-order valence-corrected chi connectivity index (χ1v) is 34.4. The number of carbonyl (C=O) groups is 1. The summed E-state index contributed by atoms with van der Waals surface area (Å²) >= 11 is 0. The van der Waals surface area contributed by atoms with Gasteiger partial charge in [0.2, 0.25) is 5.91 Å². The average molecular weight is 1030 g/mol. The molecule has 73 heavy (non-hydrogen) atoms. The number of carbonyl (C=O) groups excluding carboxylic acids is 1. The molecular weight excluding hydrogens is 891 g/mol. The number of nitrogens with one attached hydrogen (secondary N) is 1. The largest absolute Gasteiger partial charge is 0.394 e. The molecule has 436 valence electrons. The fraction of sp³-hybridized carbons (Fsp3) is 0.957. The summed E-state index contributed by atoms with van der Waals surface area (Å²) in [5.41, 5.74) is 0. The molecule has 0 aromatic carbocycles. The van der Waals surface area contributed by atoms with Gasteiger partial charge in [0.25, 0.3) is 0 Å². The second kappa shape index (κ2) is 65.4. The van der Waals surface area contributed by atoms with E-state index >= 15 is 0 Å². The van der Waals surface area contributed by atoms with Crippen molar-refractivity contribution in [3.8, 4) is 0 Å². The highest BCUT2D eigenvalue weighted by atomic mass is 16.3. The summed E-state index contributed by atoms with van der Waals surface area (Å²) in [4.78, 5) is 12.6. The molecule has 0 saturated carbocycles. The summed E-state index contributed by atoms with van der Waals surface area (Å²) in [7, 11) is 0. The van der Waals surface area contributed by atoms with E-state index < -0.39 is 12.1 Å². The van der Waals surface area contributed by atoms with Crippen molar-refractivity contribution in [1.29, 1.82) is 0 Å². The lowest BCUT2D eigenvalue weighted by Gasteiger charge is -2.22. The summed E-state index contributed by atoms with van der Waals surface area (Å²) in [5, 5.41) is 23.5. The monoisotopic (exact) mass is 1030 g/mol. The maximum Gasteiger partial charge on any atom is 0.220 e. The summed E-state index contributed by atoms with van der Waals surface area (Å²) in [5.74, 6) is -0.0208. The molecule has 0 saturated heterocycles. The van der Waals surface area contributed by atoms with Gasteiger partial charge in [0.05, 0.1) is 18.8 Å². The van der Waals surface area contributed by atoms with Crippen LogP contribution in [0.4, 0.5) is 0 Å². The molecule has 0 spiro atoms. The minimum Gasteiger partial charge on any atom is -0.394 e. The number of hydrogen-bond acceptors (Lipinski definition) is 3. The Labute approximate surface area is 460 Å². The fourth-order valence-corrected chi connectivity index (χ4v) is 11.3. The highest BCUT2D eigenvalue weighted by Gasteiger charge is 2.20. The van der Waals surface area contributed by atoms with Crippen LogP contribution in [0.3, 0.4) is 0 Å². The SMILES string of the molecule is CCCCCCCCCC/C=C\CCCCCCCCCCCCCCCCCCCCCCCC(=O)NC(CO)C(O)CCCCCCCCCCCCCCCCCCCCCCCCCCCCCC. The van der Waals surface area contributed by atoms with E-state index in [9.17, 15) is 15.0 Å². The van der Waals surface area contributed by atoms with E-state index in [2.05, 4.69) is 31.3 Å². The van der Waals surface area contributed by atoms with Gasteiger partial charge in [-0.05, 0) is 38.5 Å². The summed E-state index contributed by atoms with van der Waals surface area (Å²) in [6, 6.07) is -0.534. The van der Waals surface area contributed by atoms with Crippen LogP contribution in [0.15, 0.2) is 12.2 Å². The molecule has 4 heteroatoms. The van der Waals surface area contributed by atoms with Crippen molar-refractivity contribution in [1.82, 2.24) is 5.32 Å². The maximum atomic E-state index is 12.6. The van der Waals surface area contributed by atoms with Gasteiger partial charge in [-0.2, -0.15) is 0 Å². The highest BCUT2D eigenvalue weighted by molar-refractivity contribution is 5.76. The van der Waals surface area contributed by atoms with Crippen LogP contribution in [0.1, 0.15) is 406 Å². The first kappa shape index (κ1) is 72.1. The Morgan fingerprint density at radius 3 is 0.753 bits per heavy atom. The Morgan fingerprint density at radius 1 is 0.315 bits per heavy atom. The number of rotatable bonds is 65. The van der Waals surface area contributed by atoms with E-state index in [4.69, 9.17) is 0 Å². The smallest absolute Gasteiger partial charge is 0.220 e. The molecule has 0 fully saturated rings. The molecule has 0 bridgehead atoms. The number of aliphatic hydroxyl groups is 2. The molecule has 0 aliphatic carbocycles. The number of unbranched alkanes of at least 4 members (excludes halogenated alkanes) is 56. The first-order chi connectivity index (χ1) is 36.2. The normalized spacial score (nSPS) is 12.7. The molecule has 0 aromatic heterocycles. The Balaban J connectivity index is 3.37. The van der Waals surface area contributed by atoms with Crippen molar-refractivity contribution >= 4 is 5.91 Å². The summed E-state index contributed by atoms with van der Waals surface area (Å²) in [6.45, 7) is 4.41. The molecular formula is C69H137NO3. The van der Waals surface area contributed by atoms with Crippen LogP contribution in [0.25, 0.3) is 0 Å². The van der Waals surface area contributed by atoms with Crippen LogP contribution in [0.2, 0.25) is 0 Å². The maximum absolute atomic E-state index is 12.6. The minimum atomic E-state index is -0.658. The van der Waals surface area contributed by atoms with Crippen molar-refractivity contribution in [2.75, 3.05) is 6.61 Å². The van der Waals surface area contributed by atoms with Gasteiger partial charge in [-0.1, -0.05) is 373 Å². The van der Waals surface area contributed by atoms with E-state index in [1.165, 1.54) is 353 Å². The Morgan fingerprint density at radius 2 is 0.521 bits per heavy atom. The highest BCUT2D eigenvalue weighted by Crippen LogP contribution is 2.19. The second-order valence-corrected chi connectivity index (χ2v) is 24.0. The molecule has 2 atom stereocenters. The van der Waals surface area contributed by atoms with Gasteiger partial charge < -0.3 is 15.5 Å². The van der Waals surface area contributed by atoms with E-state index in [1.54, 1.807) is 0 Å². The molecule has 2 unspecified atom stereocenters. The second-order valence-electron chi connectivity index (χ2n) is 24.0. The van der Waals surface area contributed by atoms with Crippen molar-refractivity contribution < 1.29 is 15.0 Å². The van der Waals surface area contributed by atoms with Crippen LogP contribution in [0, 0.1) is 0 Å². The van der Waals surface area contributed by atoms with Crippen LogP contribution >= 0.6 is 0 Å². The van der Waals surface area contributed by atoms with Crippen molar-refractivity contribution in [3.63, 3.8) is 0 Å². The van der Waals surface area contributed by atoms with Crippen LogP contribution in [-0.2, 0) is 4.79 Å². The Kier molecular flexibility index (Phi) is 64.6. The average Bonchev–Trinajstić information content (AvgIpc) is 3.40. The van der Waals surface area contributed by atoms with Gasteiger partial charge in [0.15, 0.2) is 0 Å². The zero-order valence-electron chi connectivity index (χ0n) is 50.5. The van der Waals surface area contributed by atoms with Crippen LogP contribution in [0.5, 0.6) is 0 Å². The third-order valence-electron chi connectivity index (χ3n) is 16.5. The number of hydrogen-bond donors (Lipinski definition) is 3. The molecule has 0 aliphatic rings. The molecule has 0 rings (SSSR count). The number of amides is 1. The standard InChI is InChI=1S/C69H137NO3/c1-3-5-7-9-11-13-15-17-19-21-23-25-27-29-31-33-34-35-36-37-39-41-43-45-47-49-51-53-55-57-59-61-63-65-69(73)70-67(66-71)68(72)64-62-60-58-56-54-52-50-48-46-44-42-40-38-32-30-28-26-24-22-20-18-16-14-12-10-8-6-4-2/h21,23,67-68,71-72H,3-20,22,24-66H2,1-2H3,(H,70,73)/b23-21-. The molecule has 4 nitrogen and oxygen atoms in total. The van der Waals surface area contributed by atoms with Gasteiger partial charge >= 0.3 is 0 Å². The predicted octanol–water partition coefficient (Wildman–Crippen LogP) is 23.2. The van der Waals surface area contributed by atoms with Gasteiger partial charge in [0.1, 0.15) is 0 Å². The van der Waals surface area contributed by atoms with Gasteiger partial charge in [-0.15, -0.1) is 0 Å². The zero-order chi connectivity index (χ0) is 52.7. The van der Waals surface area contributed by atoms with E-state index in [0.717, 1.165) is 25.7 Å². The lowest BCUT2D eigenvalue weighted by molar-refractivity contribution is -0.123. The summed E-state index contributed by atoms with van der Waals surface area (Å²) in [6.07, 6.45) is 87.0. The van der Waals surface area contributed by atoms with Gasteiger partial charge in [0, 0.05) is 6.42 Å². The van der Waals surface area contributed by atoms with E-state index in [-0.39, 0.29) is 12.5 Å². The molecule has 0 aromatic rings. The van der Waals surface area contributed by atoms with Gasteiger partial charge in [-0.25, -0.2) is 0 Å². The molecule has 0 aliphatic heterocycles. The van der Waals surface area contributed by atoms with Gasteiger partial charge in [-0.3, -0.25) is 4.79 Å². The fourth-order valence-electron chi connectivity index (χ4n) is 11.3. The quantitative estimate of drug-likeness (QED) is 0.0420. The molecule has 3 N–H and O–H groups in total. The molecule has 0 radical (unpaired) electrons. The lowest BCUT2D eigenvalue weighted by Crippen LogP contribution is -2.45. The molecule has 1 amide bonds. The van der Waals surface area contributed by atoms with Crippen LogP contribution in [-0.4, -0.2) is 34.9 Å². The van der Waals surface area contributed by atoms with Crippen molar-refractivity contribution in [2.24, 2.45) is 0 Å². The zero-order valence-corrected chi connectivity index (χ0v) is 50.5. The first-order valence-electron chi connectivity index (χ1n) is 34.4. The Bertz CT molecular complexity index is 1030. The minimum absolute atomic E-state index is 0.0208. The Hall–Kier alpha value is -0.870. The van der Waals surface area contributed by atoms with Crippen molar-refractivity contribution in [2.45, 2.75) is 418 Å².